The van der Waals surface area contributed by atoms with E-state index in [1.54, 1.807) is 6.08 Å². The van der Waals surface area contributed by atoms with Gasteiger partial charge in [-0.2, -0.15) is 0 Å². The van der Waals surface area contributed by atoms with Crippen molar-refractivity contribution in [3.63, 3.8) is 0 Å². The largest absolute Gasteiger partial charge is 0.469 e. The number of rotatable bonds is 5. The summed E-state index contributed by atoms with van der Waals surface area (Å²) in [6.45, 7) is 4.00. The van der Waals surface area contributed by atoms with Crippen molar-refractivity contribution < 1.29 is 14.3 Å². The molecule has 1 rings (SSSR count). The van der Waals surface area contributed by atoms with E-state index in [9.17, 15) is 9.59 Å². The minimum atomic E-state index is -0.213. The molecule has 0 aromatic heterocycles. The minimum absolute atomic E-state index is 0.131. The highest BCUT2D eigenvalue weighted by atomic mass is 16.5. The summed E-state index contributed by atoms with van der Waals surface area (Å²) in [5, 5.41) is 0. The fourth-order valence-electron chi connectivity index (χ4n) is 2.58. The molecule has 0 heterocycles. The number of ketones is 1. The van der Waals surface area contributed by atoms with E-state index in [2.05, 4.69) is 6.92 Å². The quantitative estimate of drug-likeness (QED) is 0.546. The zero-order valence-corrected chi connectivity index (χ0v) is 11.0. The number of hydrogen-bond donors (Lipinski definition) is 0. The SMILES string of the molecule is CCCCC[C@H]1CC(=O)C=C(C)[C@@H]1C(=O)OC. The van der Waals surface area contributed by atoms with E-state index in [0.29, 0.717) is 6.42 Å². The first-order valence-electron chi connectivity index (χ1n) is 6.39. The van der Waals surface area contributed by atoms with E-state index in [4.69, 9.17) is 4.74 Å². The number of unbranched alkanes of at least 4 members (excludes halogenated alkanes) is 2. The first-order valence-corrected chi connectivity index (χ1v) is 6.39. The lowest BCUT2D eigenvalue weighted by Crippen LogP contribution is -2.31. The Labute approximate surface area is 103 Å². The molecule has 0 saturated heterocycles. The van der Waals surface area contributed by atoms with Crippen LogP contribution in [0.15, 0.2) is 11.6 Å². The van der Waals surface area contributed by atoms with Gasteiger partial charge in [-0.3, -0.25) is 9.59 Å². The fourth-order valence-corrected chi connectivity index (χ4v) is 2.58. The second-order valence-electron chi connectivity index (χ2n) is 4.82. The number of ether oxygens (including phenoxy) is 1. The normalized spacial score (nSPS) is 24.4. The van der Waals surface area contributed by atoms with Crippen LogP contribution >= 0.6 is 0 Å². The maximum atomic E-state index is 11.8. The molecule has 0 spiro atoms. The molecule has 1 aliphatic rings. The summed E-state index contributed by atoms with van der Waals surface area (Å²) < 4.78 is 4.84. The Morgan fingerprint density at radius 2 is 2.18 bits per heavy atom. The third kappa shape index (κ3) is 3.69. The van der Waals surface area contributed by atoms with Crippen LogP contribution in [0.5, 0.6) is 0 Å². The highest BCUT2D eigenvalue weighted by Crippen LogP contribution is 2.33. The zero-order chi connectivity index (χ0) is 12.8. The van der Waals surface area contributed by atoms with E-state index in [-0.39, 0.29) is 23.6 Å². The van der Waals surface area contributed by atoms with Crippen molar-refractivity contribution in [2.75, 3.05) is 7.11 Å². The number of carbonyl (C=O) groups is 2. The van der Waals surface area contributed by atoms with Crippen LogP contribution < -0.4 is 0 Å². The Kier molecular flexibility index (Phi) is 5.39. The second kappa shape index (κ2) is 6.58. The van der Waals surface area contributed by atoms with Gasteiger partial charge in [-0.15, -0.1) is 0 Å². The van der Waals surface area contributed by atoms with Crippen molar-refractivity contribution in [3.05, 3.63) is 11.6 Å². The highest BCUT2D eigenvalue weighted by molar-refractivity contribution is 5.94. The molecule has 0 unspecified atom stereocenters. The van der Waals surface area contributed by atoms with Gasteiger partial charge in [0.2, 0.25) is 0 Å². The topological polar surface area (TPSA) is 43.4 Å². The molecule has 0 bridgehead atoms. The molecule has 0 fully saturated rings. The van der Waals surface area contributed by atoms with Crippen molar-refractivity contribution in [2.24, 2.45) is 11.8 Å². The van der Waals surface area contributed by atoms with Crippen LogP contribution in [0, 0.1) is 11.8 Å². The van der Waals surface area contributed by atoms with Gasteiger partial charge in [0.05, 0.1) is 13.0 Å². The molecule has 0 amide bonds. The monoisotopic (exact) mass is 238 g/mol. The number of allylic oxidation sites excluding steroid dienone is 1. The molecule has 0 N–H and O–H groups in total. The molecule has 0 aliphatic heterocycles. The van der Waals surface area contributed by atoms with E-state index in [1.165, 1.54) is 7.11 Å². The third-order valence-electron chi connectivity index (χ3n) is 3.45. The smallest absolute Gasteiger partial charge is 0.313 e. The van der Waals surface area contributed by atoms with Crippen molar-refractivity contribution in [3.8, 4) is 0 Å². The van der Waals surface area contributed by atoms with E-state index in [1.807, 2.05) is 6.92 Å². The van der Waals surface area contributed by atoms with Gasteiger partial charge in [0, 0.05) is 6.42 Å². The van der Waals surface area contributed by atoms with Crippen LogP contribution in [-0.2, 0) is 14.3 Å². The Hall–Kier alpha value is -1.12. The summed E-state index contributed by atoms with van der Waals surface area (Å²) in [7, 11) is 1.41. The van der Waals surface area contributed by atoms with Crippen molar-refractivity contribution in [1.82, 2.24) is 0 Å². The van der Waals surface area contributed by atoms with Crippen molar-refractivity contribution >= 4 is 11.8 Å². The number of esters is 1. The molecule has 3 nitrogen and oxygen atoms in total. The van der Waals surface area contributed by atoms with E-state index >= 15 is 0 Å². The Morgan fingerprint density at radius 3 is 2.76 bits per heavy atom. The first-order chi connectivity index (χ1) is 8.10. The molecule has 2 atom stereocenters. The summed E-state index contributed by atoms with van der Waals surface area (Å²) >= 11 is 0. The zero-order valence-electron chi connectivity index (χ0n) is 11.0. The van der Waals surface area contributed by atoms with Gasteiger partial charge < -0.3 is 4.74 Å². The van der Waals surface area contributed by atoms with Crippen LogP contribution in [0.1, 0.15) is 46.0 Å². The maximum Gasteiger partial charge on any atom is 0.313 e. The second-order valence-corrected chi connectivity index (χ2v) is 4.82. The van der Waals surface area contributed by atoms with Gasteiger partial charge in [0.25, 0.3) is 0 Å². The van der Waals surface area contributed by atoms with Crippen LogP contribution in [0.4, 0.5) is 0 Å². The van der Waals surface area contributed by atoms with Crippen LogP contribution in [-0.4, -0.2) is 18.9 Å². The molecule has 0 saturated carbocycles. The van der Waals surface area contributed by atoms with Crippen molar-refractivity contribution in [1.29, 1.82) is 0 Å². The van der Waals surface area contributed by atoms with Gasteiger partial charge in [0.1, 0.15) is 0 Å². The van der Waals surface area contributed by atoms with Crippen molar-refractivity contribution in [2.45, 2.75) is 46.0 Å². The minimum Gasteiger partial charge on any atom is -0.469 e. The average Bonchev–Trinajstić information content (AvgIpc) is 2.28. The lowest BCUT2D eigenvalue weighted by molar-refractivity contribution is -0.146. The molecule has 0 radical (unpaired) electrons. The summed E-state index contributed by atoms with van der Waals surface area (Å²) in [4.78, 5) is 23.3. The van der Waals surface area contributed by atoms with Gasteiger partial charge >= 0.3 is 5.97 Å². The highest BCUT2D eigenvalue weighted by Gasteiger charge is 2.34. The standard InChI is InChI=1S/C14H22O3/c1-4-5-6-7-11-9-12(15)8-10(2)13(11)14(16)17-3/h8,11,13H,4-7,9H2,1-3H3/t11-,13-/m0/s1. The van der Waals surface area contributed by atoms with Gasteiger partial charge in [0.15, 0.2) is 5.78 Å². The molecular weight excluding hydrogens is 216 g/mol. The average molecular weight is 238 g/mol. The maximum absolute atomic E-state index is 11.8. The van der Waals surface area contributed by atoms with E-state index < -0.39 is 0 Å². The Bertz CT molecular complexity index is 317. The third-order valence-corrected chi connectivity index (χ3v) is 3.45. The van der Waals surface area contributed by atoms with Crippen LogP contribution in [0.25, 0.3) is 0 Å². The predicted octanol–water partition coefficient (Wildman–Crippen LogP) is 2.89. The number of hydrogen-bond acceptors (Lipinski definition) is 3. The summed E-state index contributed by atoms with van der Waals surface area (Å²) in [6, 6.07) is 0. The van der Waals surface area contributed by atoms with Crippen LogP contribution in [0.2, 0.25) is 0 Å². The fraction of sp³-hybridized carbons (Fsp3) is 0.714. The lowest BCUT2D eigenvalue weighted by Gasteiger charge is -2.28. The molecule has 96 valence electrons. The molecule has 0 aromatic carbocycles. The molecular formula is C14H22O3. The summed E-state index contributed by atoms with van der Waals surface area (Å²) in [5.41, 5.74) is 0.856. The summed E-state index contributed by atoms with van der Waals surface area (Å²) in [5.74, 6) is -0.141. The Morgan fingerprint density at radius 1 is 1.47 bits per heavy atom. The molecule has 17 heavy (non-hydrogen) atoms. The van der Waals surface area contributed by atoms with Gasteiger partial charge in [-0.25, -0.2) is 0 Å². The molecule has 0 aromatic rings. The first kappa shape index (κ1) is 13.9. The number of carbonyl (C=O) groups excluding carboxylic acids is 2. The molecule has 1 aliphatic carbocycles. The lowest BCUT2D eigenvalue weighted by atomic mass is 9.76. The summed E-state index contributed by atoms with van der Waals surface area (Å²) in [6.07, 6.45) is 6.40. The van der Waals surface area contributed by atoms with Gasteiger partial charge in [-0.1, -0.05) is 31.8 Å². The molecule has 3 heteroatoms. The number of methoxy groups -OCH3 is 1. The Balaban J connectivity index is 2.74. The van der Waals surface area contributed by atoms with Crippen LogP contribution in [0.3, 0.4) is 0 Å². The van der Waals surface area contributed by atoms with Gasteiger partial charge in [-0.05, 0) is 25.3 Å². The predicted molar refractivity (Wildman–Crippen MR) is 66.5 cm³/mol. The van der Waals surface area contributed by atoms with E-state index in [0.717, 1.165) is 31.3 Å².